The number of carbonyl (C=O) groups is 2. The summed E-state index contributed by atoms with van der Waals surface area (Å²) in [4.78, 5) is 28.8. The minimum Gasteiger partial charge on any atom is -0.481 e. The molecule has 2 heterocycles. The minimum atomic E-state index is -0.864. The molecule has 0 saturated carbocycles. The van der Waals surface area contributed by atoms with Gasteiger partial charge in [-0.3, -0.25) is 10.1 Å². The molecular weight excluding hydrogens is 246 g/mol. The van der Waals surface area contributed by atoms with Gasteiger partial charge in [0, 0.05) is 18.8 Å². The van der Waals surface area contributed by atoms with Crippen molar-refractivity contribution in [1.82, 2.24) is 9.88 Å². The summed E-state index contributed by atoms with van der Waals surface area (Å²) in [5, 5.41) is 11.8. The second-order valence-electron chi connectivity index (χ2n) is 5.13. The predicted molar refractivity (Wildman–Crippen MR) is 69.9 cm³/mol. The number of anilines is 1. The molecule has 19 heavy (non-hydrogen) atoms. The van der Waals surface area contributed by atoms with E-state index in [4.69, 9.17) is 5.11 Å². The van der Waals surface area contributed by atoms with Gasteiger partial charge in [-0.05, 0) is 32.4 Å². The molecule has 1 fully saturated rings. The van der Waals surface area contributed by atoms with Gasteiger partial charge in [0.15, 0.2) is 0 Å². The highest BCUT2D eigenvalue weighted by Gasteiger charge is 2.42. The molecule has 2 rings (SSSR count). The number of likely N-dealkylation sites (tertiary alicyclic amines) is 1. The summed E-state index contributed by atoms with van der Waals surface area (Å²) in [6.07, 6.45) is 0.469. The number of nitrogens with one attached hydrogen (secondary N) is 1. The van der Waals surface area contributed by atoms with Gasteiger partial charge in [0.2, 0.25) is 0 Å². The summed E-state index contributed by atoms with van der Waals surface area (Å²) in [7, 11) is 0. The topological polar surface area (TPSA) is 82.5 Å². The fourth-order valence-electron chi connectivity index (χ4n) is 2.11. The molecule has 1 atom stereocenters. The van der Waals surface area contributed by atoms with Crippen LogP contribution in [0.5, 0.6) is 0 Å². The third kappa shape index (κ3) is 2.83. The van der Waals surface area contributed by atoms with E-state index in [0.717, 1.165) is 5.69 Å². The number of pyridine rings is 1. The fraction of sp³-hybridized carbons (Fsp3) is 0.462. The normalized spacial score (nSPS) is 22.3. The molecule has 0 radical (unpaired) electrons. The third-order valence-electron chi connectivity index (χ3n) is 3.40. The zero-order valence-corrected chi connectivity index (χ0v) is 11.0. The van der Waals surface area contributed by atoms with Crippen LogP contribution in [-0.2, 0) is 4.79 Å². The number of carbonyl (C=O) groups excluding carboxylic acids is 1. The second-order valence-corrected chi connectivity index (χ2v) is 5.13. The smallest absolute Gasteiger partial charge is 0.323 e. The highest BCUT2D eigenvalue weighted by atomic mass is 16.4. The molecule has 6 nitrogen and oxygen atoms in total. The van der Waals surface area contributed by atoms with Gasteiger partial charge in [0.1, 0.15) is 5.82 Å². The van der Waals surface area contributed by atoms with Gasteiger partial charge < -0.3 is 10.0 Å². The quantitative estimate of drug-likeness (QED) is 0.851. The van der Waals surface area contributed by atoms with Crippen LogP contribution in [0.15, 0.2) is 18.2 Å². The molecule has 0 bridgehead atoms. The molecular formula is C13H17N3O3. The van der Waals surface area contributed by atoms with Gasteiger partial charge >= 0.3 is 12.0 Å². The van der Waals surface area contributed by atoms with E-state index in [9.17, 15) is 9.59 Å². The Morgan fingerprint density at radius 2 is 2.21 bits per heavy atom. The van der Waals surface area contributed by atoms with Crippen LogP contribution >= 0.6 is 0 Å². The van der Waals surface area contributed by atoms with Crippen LogP contribution in [0, 0.1) is 12.3 Å². The standard InChI is InChI=1S/C13H17N3O3/c1-9-4-3-5-10(14-9)15-12(19)16-7-6-13(2,8-16)11(17)18/h3-5H,6-8H2,1-2H3,(H,17,18)(H,14,15,19). The SMILES string of the molecule is Cc1cccc(NC(=O)N2CCC(C)(C(=O)O)C2)n1. The Bertz CT molecular complexity index is 518. The van der Waals surface area contributed by atoms with E-state index >= 15 is 0 Å². The van der Waals surface area contributed by atoms with Crippen molar-refractivity contribution in [3.05, 3.63) is 23.9 Å². The van der Waals surface area contributed by atoms with Crippen LogP contribution in [-0.4, -0.2) is 40.1 Å². The number of amides is 2. The summed E-state index contributed by atoms with van der Waals surface area (Å²) >= 11 is 0. The van der Waals surface area contributed by atoms with E-state index in [1.165, 1.54) is 4.90 Å². The van der Waals surface area contributed by atoms with Crippen molar-refractivity contribution in [1.29, 1.82) is 0 Å². The Morgan fingerprint density at radius 3 is 2.79 bits per heavy atom. The summed E-state index contributed by atoms with van der Waals surface area (Å²) in [6, 6.07) is 5.05. The van der Waals surface area contributed by atoms with Gasteiger partial charge in [-0.25, -0.2) is 9.78 Å². The van der Waals surface area contributed by atoms with Crippen LogP contribution in [0.25, 0.3) is 0 Å². The van der Waals surface area contributed by atoms with E-state index in [1.807, 2.05) is 19.1 Å². The number of aliphatic carboxylic acids is 1. The lowest BCUT2D eigenvalue weighted by atomic mass is 9.90. The second kappa shape index (κ2) is 4.87. The van der Waals surface area contributed by atoms with Crippen LogP contribution in [0.1, 0.15) is 19.0 Å². The number of urea groups is 1. The van der Waals surface area contributed by atoms with Crippen molar-refractivity contribution in [3.8, 4) is 0 Å². The molecule has 6 heteroatoms. The number of aryl methyl sites for hydroxylation is 1. The molecule has 1 aliphatic rings. The van der Waals surface area contributed by atoms with Crippen molar-refractivity contribution in [2.24, 2.45) is 5.41 Å². The highest BCUT2D eigenvalue weighted by molar-refractivity contribution is 5.89. The predicted octanol–water partition coefficient (Wildman–Crippen LogP) is 1.72. The van der Waals surface area contributed by atoms with Crippen molar-refractivity contribution in [3.63, 3.8) is 0 Å². The number of nitrogens with zero attached hydrogens (tertiary/aromatic N) is 2. The van der Waals surface area contributed by atoms with Gasteiger partial charge in [-0.2, -0.15) is 0 Å². The number of carboxylic acid groups (broad SMARTS) is 1. The summed E-state index contributed by atoms with van der Waals surface area (Å²) in [5.74, 6) is -0.384. The van der Waals surface area contributed by atoms with E-state index in [2.05, 4.69) is 10.3 Å². The summed E-state index contributed by atoms with van der Waals surface area (Å²) < 4.78 is 0. The average molecular weight is 263 g/mol. The van der Waals surface area contributed by atoms with E-state index < -0.39 is 11.4 Å². The number of hydrogen-bond acceptors (Lipinski definition) is 3. The Kier molecular flexibility index (Phi) is 3.42. The zero-order chi connectivity index (χ0) is 14.0. The lowest BCUT2D eigenvalue weighted by molar-refractivity contribution is -0.146. The molecule has 0 aliphatic carbocycles. The third-order valence-corrected chi connectivity index (χ3v) is 3.40. The largest absolute Gasteiger partial charge is 0.481 e. The molecule has 2 amide bonds. The highest BCUT2D eigenvalue weighted by Crippen LogP contribution is 2.30. The molecule has 1 unspecified atom stereocenters. The maximum atomic E-state index is 12.0. The molecule has 1 saturated heterocycles. The van der Waals surface area contributed by atoms with Crippen LogP contribution in [0.4, 0.5) is 10.6 Å². The lowest BCUT2D eigenvalue weighted by Crippen LogP contribution is -2.37. The number of rotatable bonds is 2. The maximum Gasteiger partial charge on any atom is 0.323 e. The molecule has 0 spiro atoms. The van der Waals surface area contributed by atoms with Crippen molar-refractivity contribution >= 4 is 17.8 Å². The van der Waals surface area contributed by atoms with E-state index in [-0.39, 0.29) is 12.6 Å². The van der Waals surface area contributed by atoms with Gasteiger partial charge in [0.05, 0.1) is 5.41 Å². The Morgan fingerprint density at radius 1 is 1.47 bits per heavy atom. The molecule has 0 aromatic carbocycles. The Balaban J connectivity index is 2.01. The first-order chi connectivity index (χ1) is 8.90. The van der Waals surface area contributed by atoms with Crippen LogP contribution in [0.2, 0.25) is 0 Å². The fourth-order valence-corrected chi connectivity index (χ4v) is 2.11. The number of carboxylic acids is 1. The average Bonchev–Trinajstić information content (AvgIpc) is 2.73. The molecule has 1 aliphatic heterocycles. The van der Waals surface area contributed by atoms with Gasteiger partial charge in [-0.15, -0.1) is 0 Å². The molecule has 1 aromatic rings. The van der Waals surface area contributed by atoms with Gasteiger partial charge in [-0.1, -0.05) is 6.07 Å². The monoisotopic (exact) mass is 263 g/mol. The Hall–Kier alpha value is -2.11. The first-order valence-electron chi connectivity index (χ1n) is 6.14. The molecule has 2 N–H and O–H groups in total. The van der Waals surface area contributed by atoms with Crippen LogP contribution in [0.3, 0.4) is 0 Å². The minimum absolute atomic E-state index is 0.222. The van der Waals surface area contributed by atoms with Gasteiger partial charge in [0.25, 0.3) is 0 Å². The van der Waals surface area contributed by atoms with Crippen molar-refractivity contribution < 1.29 is 14.7 Å². The molecule has 102 valence electrons. The summed E-state index contributed by atoms with van der Waals surface area (Å²) in [5.41, 5.74) is -0.0354. The van der Waals surface area contributed by atoms with Crippen molar-refractivity contribution in [2.45, 2.75) is 20.3 Å². The Labute approximate surface area is 111 Å². The number of aromatic nitrogens is 1. The van der Waals surface area contributed by atoms with E-state index in [0.29, 0.717) is 18.8 Å². The van der Waals surface area contributed by atoms with Crippen molar-refractivity contribution in [2.75, 3.05) is 18.4 Å². The lowest BCUT2D eigenvalue weighted by Gasteiger charge is -2.20. The van der Waals surface area contributed by atoms with Crippen LogP contribution < -0.4 is 5.32 Å². The zero-order valence-electron chi connectivity index (χ0n) is 11.0. The first-order valence-corrected chi connectivity index (χ1v) is 6.14. The first kappa shape index (κ1) is 13.3. The number of hydrogen-bond donors (Lipinski definition) is 2. The maximum absolute atomic E-state index is 12.0. The molecule has 1 aromatic heterocycles. The summed E-state index contributed by atoms with van der Waals surface area (Å²) in [6.45, 7) is 4.17. The van der Waals surface area contributed by atoms with E-state index in [1.54, 1.807) is 13.0 Å².